The molecular formula is C25H28F3N3O10. The first kappa shape index (κ1) is 30.2. The number of rotatable bonds is 6. The number of ether oxygens (including phenoxy) is 3. The van der Waals surface area contributed by atoms with E-state index in [2.05, 4.69) is 0 Å². The van der Waals surface area contributed by atoms with Crippen molar-refractivity contribution in [1.29, 1.82) is 0 Å². The average molecular weight is 588 g/mol. The number of hydrogen-bond acceptors (Lipinski definition) is 11. The lowest BCUT2D eigenvalue weighted by Gasteiger charge is -2.49. The van der Waals surface area contributed by atoms with Gasteiger partial charge < -0.3 is 29.9 Å². The topological polar surface area (TPSA) is 175 Å². The molecule has 4 rings (SSSR count). The third-order valence-electron chi connectivity index (χ3n) is 6.53. The minimum atomic E-state index is -2.82. The molecule has 3 N–H and O–H groups in total. The minimum Gasteiger partial charge on any atom is -0.439 e. The van der Waals surface area contributed by atoms with Crippen molar-refractivity contribution < 1.29 is 61.3 Å². The third-order valence-corrected chi connectivity index (χ3v) is 6.53. The summed E-state index contributed by atoms with van der Waals surface area (Å²) in [6.07, 6.45) is -5.05. The Hall–Kier alpha value is -3.76. The highest BCUT2D eigenvalue weighted by Crippen LogP contribution is 2.38. The lowest BCUT2D eigenvalue weighted by atomic mass is 9.95. The van der Waals surface area contributed by atoms with E-state index in [-0.39, 0.29) is 5.56 Å². The van der Waals surface area contributed by atoms with Gasteiger partial charge in [0.2, 0.25) is 12.1 Å². The number of hydroxylamine groups is 2. The molecule has 13 nitrogen and oxygen atoms in total. The van der Waals surface area contributed by atoms with E-state index in [0.717, 1.165) is 0 Å². The summed E-state index contributed by atoms with van der Waals surface area (Å²) in [6.45, 7) is 3.17. The molecule has 4 bridgehead atoms. The van der Waals surface area contributed by atoms with Gasteiger partial charge in [-0.05, 0) is 38.8 Å². The van der Waals surface area contributed by atoms with Crippen LogP contribution in [0.2, 0.25) is 0 Å². The van der Waals surface area contributed by atoms with Crippen LogP contribution < -0.4 is 5.73 Å². The van der Waals surface area contributed by atoms with Crippen molar-refractivity contribution in [2.45, 2.75) is 75.7 Å². The van der Waals surface area contributed by atoms with Gasteiger partial charge in [-0.3, -0.25) is 19.3 Å². The van der Waals surface area contributed by atoms with Gasteiger partial charge in [0.05, 0.1) is 18.4 Å². The summed E-state index contributed by atoms with van der Waals surface area (Å²) in [7, 11) is 0. The highest BCUT2D eigenvalue weighted by Gasteiger charge is 2.65. The van der Waals surface area contributed by atoms with Gasteiger partial charge in [-0.2, -0.15) is 5.06 Å². The fourth-order valence-corrected chi connectivity index (χ4v) is 4.61. The number of esters is 2. The van der Waals surface area contributed by atoms with Gasteiger partial charge in [0.25, 0.3) is 5.72 Å². The number of piperazine rings is 1. The molecule has 224 valence electrons. The maximum absolute atomic E-state index is 14.2. The van der Waals surface area contributed by atoms with Crippen LogP contribution in [-0.4, -0.2) is 87.1 Å². The van der Waals surface area contributed by atoms with Crippen LogP contribution in [0, 0.1) is 17.5 Å². The van der Waals surface area contributed by atoms with Gasteiger partial charge in [0, 0.05) is 18.5 Å². The standard InChI is InChI=1S/C25H28F3N3O10/c1-23(2,3)38-11-25-21(35)30-10-18(39-19(33)8-24(37,22(36)40-25)9-20(34)41-30)31(25)17(32)6-13(29)4-12-5-15(27)16(28)7-14(12)26/h5,7,13,18,37H,4,6,8-11,29H2,1-3H3/t13-,18?,24?,25-/m1/s1. The van der Waals surface area contributed by atoms with Crippen molar-refractivity contribution >= 4 is 29.7 Å². The Kier molecular flexibility index (Phi) is 7.79. The van der Waals surface area contributed by atoms with Crippen molar-refractivity contribution in [2.24, 2.45) is 5.73 Å². The first-order valence-electron chi connectivity index (χ1n) is 12.5. The number of aliphatic hydroxyl groups is 1. The molecule has 3 aliphatic rings. The van der Waals surface area contributed by atoms with Crippen LogP contribution in [0.5, 0.6) is 0 Å². The van der Waals surface area contributed by atoms with Gasteiger partial charge in [-0.25, -0.2) is 22.8 Å². The molecule has 0 radical (unpaired) electrons. The zero-order chi connectivity index (χ0) is 30.5. The number of fused-ring (bicyclic) bond motifs is 4. The molecule has 1 aromatic rings. The van der Waals surface area contributed by atoms with Gasteiger partial charge in [-0.1, -0.05) is 0 Å². The zero-order valence-corrected chi connectivity index (χ0v) is 22.3. The van der Waals surface area contributed by atoms with E-state index < -0.39 is 115 Å². The highest BCUT2D eigenvalue weighted by atomic mass is 19.2. The molecule has 3 aliphatic heterocycles. The number of nitrogens with zero attached hydrogens (tertiary/aromatic N) is 2. The van der Waals surface area contributed by atoms with E-state index in [1.54, 1.807) is 20.8 Å². The first-order chi connectivity index (χ1) is 18.9. The van der Waals surface area contributed by atoms with E-state index in [1.165, 1.54) is 0 Å². The predicted octanol–water partition coefficient (Wildman–Crippen LogP) is -0.0448. The molecule has 3 saturated heterocycles. The molecule has 0 spiro atoms. The van der Waals surface area contributed by atoms with Crippen molar-refractivity contribution in [3.05, 3.63) is 35.1 Å². The van der Waals surface area contributed by atoms with E-state index in [0.29, 0.717) is 22.1 Å². The Morgan fingerprint density at radius 3 is 2.41 bits per heavy atom. The number of carbonyl (C=O) groups is 5. The predicted molar refractivity (Wildman–Crippen MR) is 126 cm³/mol. The van der Waals surface area contributed by atoms with Crippen LogP contribution in [-0.2, 0) is 49.4 Å². The van der Waals surface area contributed by atoms with Crippen LogP contribution in [0.25, 0.3) is 0 Å². The summed E-state index contributed by atoms with van der Waals surface area (Å²) >= 11 is 0. The Balaban J connectivity index is 1.77. The second-order valence-electron chi connectivity index (χ2n) is 11.0. The van der Waals surface area contributed by atoms with Gasteiger partial charge in [0.1, 0.15) is 19.0 Å². The second kappa shape index (κ2) is 10.6. The molecule has 41 heavy (non-hydrogen) atoms. The maximum atomic E-state index is 14.2. The number of hydrogen-bond donors (Lipinski definition) is 2. The van der Waals surface area contributed by atoms with Gasteiger partial charge in [-0.15, -0.1) is 0 Å². The number of benzene rings is 1. The van der Waals surface area contributed by atoms with E-state index >= 15 is 0 Å². The van der Waals surface area contributed by atoms with Gasteiger partial charge >= 0.3 is 23.8 Å². The Morgan fingerprint density at radius 2 is 1.76 bits per heavy atom. The van der Waals surface area contributed by atoms with Crippen molar-refractivity contribution in [3.8, 4) is 0 Å². The van der Waals surface area contributed by atoms with Crippen LogP contribution in [0.1, 0.15) is 45.6 Å². The van der Waals surface area contributed by atoms with Crippen LogP contribution in [0.15, 0.2) is 12.1 Å². The quantitative estimate of drug-likeness (QED) is 0.337. The summed E-state index contributed by atoms with van der Waals surface area (Å²) in [4.78, 5) is 71.6. The van der Waals surface area contributed by atoms with Crippen LogP contribution in [0.4, 0.5) is 13.2 Å². The Bertz CT molecular complexity index is 1300. The Labute approximate surface area is 231 Å². The summed E-state index contributed by atoms with van der Waals surface area (Å²) in [5.41, 5.74) is -0.892. The molecule has 3 heterocycles. The van der Waals surface area contributed by atoms with E-state index in [9.17, 15) is 42.3 Å². The second-order valence-corrected chi connectivity index (χ2v) is 11.0. The SMILES string of the molecule is CC(C)(C)OC[C@@]12OC(=O)C3(O)CC(=O)OC(CN(OC(=O)C3)C1=O)N2C(=O)C[C@H](N)Cc1cc(F)c(F)cc1F. The molecule has 0 aliphatic carbocycles. The van der Waals surface area contributed by atoms with Crippen molar-refractivity contribution in [3.63, 3.8) is 0 Å². The van der Waals surface area contributed by atoms with Crippen molar-refractivity contribution in [1.82, 2.24) is 9.96 Å². The molecule has 2 unspecified atom stereocenters. The summed E-state index contributed by atoms with van der Waals surface area (Å²) in [6, 6.07) is -0.364. The lowest BCUT2D eigenvalue weighted by Crippen LogP contribution is -2.75. The Morgan fingerprint density at radius 1 is 1.12 bits per heavy atom. The van der Waals surface area contributed by atoms with E-state index in [1.807, 2.05) is 0 Å². The largest absolute Gasteiger partial charge is 0.439 e. The first-order valence-corrected chi connectivity index (χ1v) is 12.5. The highest BCUT2D eigenvalue weighted by molar-refractivity contribution is 5.98. The van der Waals surface area contributed by atoms with E-state index in [4.69, 9.17) is 24.8 Å². The van der Waals surface area contributed by atoms with Gasteiger partial charge in [0.15, 0.2) is 17.2 Å². The summed E-state index contributed by atoms with van der Waals surface area (Å²) in [5, 5.41) is 11.4. The molecule has 0 aromatic heterocycles. The lowest BCUT2D eigenvalue weighted by molar-refractivity contribution is -0.279. The fourth-order valence-electron chi connectivity index (χ4n) is 4.61. The molecule has 4 atom stereocenters. The van der Waals surface area contributed by atoms with Crippen LogP contribution >= 0.6 is 0 Å². The number of carbonyl (C=O) groups excluding carboxylic acids is 5. The van der Waals surface area contributed by atoms with Crippen LogP contribution in [0.3, 0.4) is 0 Å². The monoisotopic (exact) mass is 587 g/mol. The zero-order valence-electron chi connectivity index (χ0n) is 22.3. The minimum absolute atomic E-state index is 0.320. The number of halogens is 3. The normalized spacial score (nSPS) is 27.3. The summed E-state index contributed by atoms with van der Waals surface area (Å²) < 4.78 is 57.8. The average Bonchev–Trinajstić information content (AvgIpc) is 2.85. The fraction of sp³-hybridized carbons (Fsp3) is 0.560. The molecule has 16 heteroatoms. The summed E-state index contributed by atoms with van der Waals surface area (Å²) in [5.74, 6) is -10.3. The molecule has 1 aromatic carbocycles. The molecule has 0 saturated carbocycles. The van der Waals surface area contributed by atoms with Crippen molar-refractivity contribution in [2.75, 3.05) is 13.2 Å². The maximum Gasteiger partial charge on any atom is 0.342 e. The number of nitrogens with two attached hydrogens (primary N) is 1. The molecule has 2 amide bonds. The molecule has 3 fully saturated rings. The smallest absolute Gasteiger partial charge is 0.342 e. The molecular weight excluding hydrogens is 559 g/mol. The third kappa shape index (κ3) is 5.99. The number of amides is 2.